The second kappa shape index (κ2) is 5.13. The third-order valence-corrected chi connectivity index (χ3v) is 2.84. The summed E-state index contributed by atoms with van der Waals surface area (Å²) < 4.78 is 0. The molecular formula is C15H14N2O3. The van der Waals surface area contributed by atoms with Crippen LogP contribution in [0.1, 0.15) is 19.4 Å². The number of amides is 3. The third kappa shape index (κ3) is 2.51. The highest BCUT2D eigenvalue weighted by atomic mass is 16.2. The minimum atomic E-state index is -0.396. The second-order valence-corrected chi connectivity index (χ2v) is 4.54. The Balaban J connectivity index is 2.47. The van der Waals surface area contributed by atoms with Gasteiger partial charge in [0.2, 0.25) is 5.91 Å². The number of rotatable bonds is 3. The molecule has 0 saturated heterocycles. The average molecular weight is 270 g/mol. The molecular weight excluding hydrogens is 256 g/mol. The maximum absolute atomic E-state index is 11.7. The van der Waals surface area contributed by atoms with Gasteiger partial charge in [-0.2, -0.15) is 0 Å². The predicted octanol–water partition coefficient (Wildman–Crippen LogP) is 2.11. The minimum Gasteiger partial charge on any atom is -0.326 e. The van der Waals surface area contributed by atoms with Crippen LogP contribution in [-0.2, 0) is 14.4 Å². The summed E-state index contributed by atoms with van der Waals surface area (Å²) in [4.78, 5) is 35.6. The van der Waals surface area contributed by atoms with E-state index in [4.69, 9.17) is 0 Å². The molecule has 1 N–H and O–H groups in total. The van der Waals surface area contributed by atoms with Crippen LogP contribution in [0.3, 0.4) is 0 Å². The molecule has 0 bridgehead atoms. The fraction of sp³-hybridized carbons (Fsp3) is 0.133. The summed E-state index contributed by atoms with van der Waals surface area (Å²) >= 11 is 0. The fourth-order valence-corrected chi connectivity index (χ4v) is 1.99. The van der Waals surface area contributed by atoms with E-state index in [1.165, 1.54) is 19.1 Å². The highest BCUT2D eigenvalue weighted by Crippen LogP contribution is 2.29. The maximum Gasteiger partial charge on any atom is 0.258 e. The van der Waals surface area contributed by atoms with Crippen LogP contribution >= 0.6 is 0 Å². The van der Waals surface area contributed by atoms with Crippen molar-refractivity contribution in [2.75, 3.05) is 10.2 Å². The lowest BCUT2D eigenvalue weighted by Crippen LogP contribution is -2.29. The zero-order valence-electron chi connectivity index (χ0n) is 11.3. The van der Waals surface area contributed by atoms with Gasteiger partial charge >= 0.3 is 0 Å². The van der Waals surface area contributed by atoms with Gasteiger partial charge in [0.25, 0.3) is 11.8 Å². The molecule has 0 aromatic heterocycles. The van der Waals surface area contributed by atoms with Gasteiger partial charge in [0.1, 0.15) is 0 Å². The maximum atomic E-state index is 11.7. The van der Waals surface area contributed by atoms with Crippen molar-refractivity contribution in [2.45, 2.75) is 13.8 Å². The molecule has 1 heterocycles. The van der Waals surface area contributed by atoms with Crippen LogP contribution in [0.5, 0.6) is 0 Å². The van der Waals surface area contributed by atoms with Gasteiger partial charge in [0.05, 0.1) is 11.4 Å². The first-order valence-corrected chi connectivity index (χ1v) is 6.04. The van der Waals surface area contributed by atoms with Gasteiger partial charge < -0.3 is 5.32 Å². The molecule has 5 heteroatoms. The summed E-state index contributed by atoms with van der Waals surface area (Å²) in [5.74, 6) is -1.03. The number of carbonyl (C=O) groups excluding carboxylic acids is 3. The van der Waals surface area contributed by atoms with Crippen LogP contribution in [0.4, 0.5) is 11.4 Å². The molecule has 2 rings (SSSR count). The first kappa shape index (κ1) is 13.7. The first-order chi connectivity index (χ1) is 9.40. The molecule has 1 aromatic rings. The van der Waals surface area contributed by atoms with Crippen molar-refractivity contribution in [1.82, 2.24) is 0 Å². The Morgan fingerprint density at radius 3 is 2.25 bits per heavy atom. The molecule has 0 saturated carbocycles. The highest BCUT2D eigenvalue weighted by Gasteiger charge is 2.25. The van der Waals surface area contributed by atoms with Gasteiger partial charge in [-0.05, 0) is 24.6 Å². The Morgan fingerprint density at radius 2 is 1.75 bits per heavy atom. The molecule has 0 aliphatic carbocycles. The lowest BCUT2D eigenvalue weighted by atomic mass is 10.1. The fourth-order valence-electron chi connectivity index (χ4n) is 1.99. The average Bonchev–Trinajstić information content (AvgIpc) is 2.68. The standard InChI is InChI=1S/C15H14N2O3/c1-9(2)12-5-4-11(8-13(12)16-10(3)18)17-14(19)6-7-15(17)20/h4-8H,1H2,2-3H3,(H,16,18). The monoisotopic (exact) mass is 270 g/mol. The summed E-state index contributed by atoms with van der Waals surface area (Å²) in [6.45, 7) is 7.04. The highest BCUT2D eigenvalue weighted by molar-refractivity contribution is 6.28. The van der Waals surface area contributed by atoms with Crippen molar-refractivity contribution in [3.05, 3.63) is 42.5 Å². The van der Waals surface area contributed by atoms with E-state index in [2.05, 4.69) is 11.9 Å². The lowest BCUT2D eigenvalue weighted by molar-refractivity contribution is -0.120. The number of imide groups is 1. The Hall–Kier alpha value is -2.69. The zero-order valence-corrected chi connectivity index (χ0v) is 11.3. The Bertz CT molecular complexity index is 641. The van der Waals surface area contributed by atoms with Gasteiger partial charge in [-0.3, -0.25) is 14.4 Å². The number of nitrogens with zero attached hydrogens (tertiary/aromatic N) is 1. The molecule has 1 aliphatic heterocycles. The number of anilines is 2. The van der Waals surface area contributed by atoms with Crippen molar-refractivity contribution in [3.8, 4) is 0 Å². The number of nitrogens with one attached hydrogen (secondary N) is 1. The van der Waals surface area contributed by atoms with Crippen LogP contribution in [0.25, 0.3) is 5.57 Å². The number of hydrogen-bond donors (Lipinski definition) is 1. The smallest absolute Gasteiger partial charge is 0.258 e. The Morgan fingerprint density at radius 1 is 1.15 bits per heavy atom. The van der Waals surface area contributed by atoms with E-state index in [1.54, 1.807) is 18.2 Å². The normalized spacial score (nSPS) is 13.8. The Labute approximate surface area is 116 Å². The molecule has 0 atom stereocenters. The summed E-state index contributed by atoms with van der Waals surface area (Å²) in [5, 5.41) is 2.68. The van der Waals surface area contributed by atoms with Crippen molar-refractivity contribution in [1.29, 1.82) is 0 Å². The van der Waals surface area contributed by atoms with Crippen molar-refractivity contribution in [2.24, 2.45) is 0 Å². The molecule has 102 valence electrons. The predicted molar refractivity (Wildman–Crippen MR) is 77.1 cm³/mol. The summed E-state index contributed by atoms with van der Waals surface area (Å²) in [6, 6.07) is 4.97. The van der Waals surface area contributed by atoms with Gasteiger partial charge in [-0.15, -0.1) is 0 Å². The molecule has 5 nitrogen and oxygen atoms in total. The van der Waals surface area contributed by atoms with E-state index >= 15 is 0 Å². The SMILES string of the molecule is C=C(C)c1ccc(N2C(=O)C=CC2=O)cc1NC(C)=O. The van der Waals surface area contributed by atoms with Crippen LogP contribution in [0, 0.1) is 0 Å². The van der Waals surface area contributed by atoms with Gasteiger partial charge in [-0.1, -0.05) is 12.6 Å². The van der Waals surface area contributed by atoms with Gasteiger partial charge in [0, 0.05) is 24.6 Å². The molecule has 0 unspecified atom stereocenters. The minimum absolute atomic E-state index is 0.234. The van der Waals surface area contributed by atoms with Crippen molar-refractivity contribution in [3.63, 3.8) is 0 Å². The second-order valence-electron chi connectivity index (χ2n) is 4.54. The van der Waals surface area contributed by atoms with E-state index in [-0.39, 0.29) is 5.91 Å². The van der Waals surface area contributed by atoms with Crippen LogP contribution < -0.4 is 10.2 Å². The van der Waals surface area contributed by atoms with Gasteiger partial charge in [0.15, 0.2) is 0 Å². The summed E-state index contributed by atoms with van der Waals surface area (Å²) in [7, 11) is 0. The molecule has 0 radical (unpaired) electrons. The van der Waals surface area contributed by atoms with E-state index in [0.29, 0.717) is 11.4 Å². The van der Waals surface area contributed by atoms with Crippen molar-refractivity contribution >= 4 is 34.7 Å². The van der Waals surface area contributed by atoms with Crippen molar-refractivity contribution < 1.29 is 14.4 Å². The molecule has 1 aromatic carbocycles. The summed E-state index contributed by atoms with van der Waals surface area (Å²) in [5.41, 5.74) is 2.47. The molecule has 0 spiro atoms. The van der Waals surface area contributed by atoms with E-state index in [1.807, 2.05) is 6.92 Å². The van der Waals surface area contributed by atoms with E-state index in [9.17, 15) is 14.4 Å². The molecule has 3 amide bonds. The lowest BCUT2D eigenvalue weighted by Gasteiger charge is -2.17. The number of carbonyl (C=O) groups is 3. The quantitative estimate of drug-likeness (QED) is 0.855. The third-order valence-electron chi connectivity index (χ3n) is 2.84. The zero-order chi connectivity index (χ0) is 14.9. The van der Waals surface area contributed by atoms with Gasteiger partial charge in [-0.25, -0.2) is 4.90 Å². The number of benzene rings is 1. The topological polar surface area (TPSA) is 66.5 Å². The molecule has 20 heavy (non-hydrogen) atoms. The largest absolute Gasteiger partial charge is 0.326 e. The first-order valence-electron chi connectivity index (χ1n) is 6.04. The molecule has 0 fully saturated rings. The summed E-state index contributed by atoms with van der Waals surface area (Å²) in [6.07, 6.45) is 2.43. The van der Waals surface area contributed by atoms with Crippen LogP contribution in [0.2, 0.25) is 0 Å². The number of hydrogen-bond acceptors (Lipinski definition) is 3. The number of allylic oxidation sites excluding steroid dienone is 1. The van der Waals surface area contributed by atoms with Crippen LogP contribution in [-0.4, -0.2) is 17.7 Å². The van der Waals surface area contributed by atoms with E-state index < -0.39 is 11.8 Å². The molecule has 1 aliphatic rings. The van der Waals surface area contributed by atoms with E-state index in [0.717, 1.165) is 16.0 Å². The Kier molecular flexibility index (Phi) is 3.52. The van der Waals surface area contributed by atoms with Crippen LogP contribution in [0.15, 0.2) is 36.9 Å².